The van der Waals surface area contributed by atoms with Crippen LogP contribution in [0.5, 0.6) is 0 Å². The van der Waals surface area contributed by atoms with Crippen molar-refractivity contribution < 1.29 is 9.53 Å². The maximum atomic E-state index is 12.4. The molecular formula is C23H24N2O2S2. The lowest BCUT2D eigenvalue weighted by atomic mass is 9.99. The molecule has 2 N–H and O–H groups in total. The van der Waals surface area contributed by atoms with E-state index in [1.54, 1.807) is 0 Å². The lowest BCUT2D eigenvalue weighted by Crippen LogP contribution is -2.33. The van der Waals surface area contributed by atoms with Crippen molar-refractivity contribution in [1.82, 2.24) is 5.32 Å². The average molecular weight is 425 g/mol. The van der Waals surface area contributed by atoms with Gasteiger partial charge in [0.1, 0.15) is 5.00 Å². The van der Waals surface area contributed by atoms with Gasteiger partial charge in [0.05, 0.1) is 18.7 Å². The minimum atomic E-state index is -0.348. The van der Waals surface area contributed by atoms with Crippen LogP contribution in [-0.4, -0.2) is 18.2 Å². The highest BCUT2D eigenvalue weighted by atomic mass is 32.1. The zero-order valence-corrected chi connectivity index (χ0v) is 18.3. The lowest BCUT2D eigenvalue weighted by molar-refractivity contribution is 0.0601. The molecule has 0 aliphatic rings. The first-order valence-corrected chi connectivity index (χ1v) is 10.7. The number of methoxy groups -OCH3 is 1. The zero-order valence-electron chi connectivity index (χ0n) is 16.7. The van der Waals surface area contributed by atoms with Crippen molar-refractivity contribution in [3.63, 3.8) is 0 Å². The Bertz CT molecular complexity index is 945. The number of ether oxygens (including phenoxy) is 1. The van der Waals surface area contributed by atoms with Gasteiger partial charge in [-0.3, -0.25) is 0 Å². The summed E-state index contributed by atoms with van der Waals surface area (Å²) in [5, 5.41) is 7.80. The number of nitrogens with one attached hydrogen (secondary N) is 2. The molecule has 0 bridgehead atoms. The number of anilines is 1. The molecule has 0 unspecified atom stereocenters. The van der Waals surface area contributed by atoms with Crippen LogP contribution < -0.4 is 10.6 Å². The SMILES string of the molecule is CCc1c(C)sc(NC(=S)NC(c2ccccc2)c2ccccc2)c1C(=O)OC. The van der Waals surface area contributed by atoms with E-state index in [4.69, 9.17) is 17.0 Å². The number of carbonyl (C=O) groups excluding carboxylic acids is 1. The number of benzene rings is 2. The van der Waals surface area contributed by atoms with Crippen molar-refractivity contribution in [2.24, 2.45) is 0 Å². The number of esters is 1. The highest BCUT2D eigenvalue weighted by Gasteiger charge is 2.23. The molecule has 0 aliphatic carbocycles. The molecule has 3 aromatic rings. The Balaban J connectivity index is 1.88. The molecule has 1 aromatic heterocycles. The molecule has 0 amide bonds. The Kier molecular flexibility index (Phi) is 7.01. The summed E-state index contributed by atoms with van der Waals surface area (Å²) in [4.78, 5) is 13.4. The van der Waals surface area contributed by atoms with E-state index in [1.807, 2.05) is 50.2 Å². The Labute approximate surface area is 180 Å². The van der Waals surface area contributed by atoms with Crippen molar-refractivity contribution in [2.75, 3.05) is 12.4 Å². The summed E-state index contributed by atoms with van der Waals surface area (Å²) >= 11 is 7.13. The lowest BCUT2D eigenvalue weighted by Gasteiger charge is -2.22. The Morgan fingerprint density at radius 3 is 2.10 bits per heavy atom. The summed E-state index contributed by atoms with van der Waals surface area (Å²) in [6.07, 6.45) is 0.755. The molecule has 4 nitrogen and oxygen atoms in total. The number of hydrogen-bond donors (Lipinski definition) is 2. The van der Waals surface area contributed by atoms with E-state index in [0.717, 1.165) is 28.0 Å². The molecule has 3 rings (SSSR count). The second-order valence-electron chi connectivity index (χ2n) is 6.54. The molecular weight excluding hydrogens is 400 g/mol. The Morgan fingerprint density at radius 1 is 1.07 bits per heavy atom. The fourth-order valence-electron chi connectivity index (χ4n) is 3.33. The molecule has 1 heterocycles. The molecule has 0 saturated heterocycles. The first-order chi connectivity index (χ1) is 14.0. The first kappa shape index (κ1) is 21.0. The summed E-state index contributed by atoms with van der Waals surface area (Å²) in [6.45, 7) is 4.04. The number of hydrogen-bond acceptors (Lipinski definition) is 4. The molecule has 29 heavy (non-hydrogen) atoms. The van der Waals surface area contributed by atoms with Crippen LogP contribution in [0.3, 0.4) is 0 Å². The van der Waals surface area contributed by atoms with Crippen molar-refractivity contribution in [2.45, 2.75) is 26.3 Å². The van der Waals surface area contributed by atoms with Crippen LogP contribution in [-0.2, 0) is 11.2 Å². The highest BCUT2D eigenvalue weighted by molar-refractivity contribution is 7.80. The summed E-state index contributed by atoms with van der Waals surface area (Å²) in [7, 11) is 1.40. The fourth-order valence-corrected chi connectivity index (χ4v) is 4.75. The first-order valence-electron chi connectivity index (χ1n) is 9.43. The predicted octanol–water partition coefficient (Wildman–Crippen LogP) is 5.48. The van der Waals surface area contributed by atoms with Gasteiger partial charge in [-0.05, 0) is 42.3 Å². The van der Waals surface area contributed by atoms with Gasteiger partial charge in [-0.15, -0.1) is 11.3 Å². The van der Waals surface area contributed by atoms with E-state index in [0.29, 0.717) is 15.7 Å². The molecule has 6 heteroatoms. The van der Waals surface area contributed by atoms with Crippen molar-refractivity contribution in [3.05, 3.63) is 87.8 Å². The van der Waals surface area contributed by atoms with Crippen molar-refractivity contribution >= 4 is 39.6 Å². The van der Waals surface area contributed by atoms with Crippen LogP contribution in [0.25, 0.3) is 0 Å². The number of aryl methyl sites for hydroxylation is 1. The maximum absolute atomic E-state index is 12.4. The van der Waals surface area contributed by atoms with Gasteiger partial charge in [0.2, 0.25) is 0 Å². The van der Waals surface area contributed by atoms with Gasteiger partial charge < -0.3 is 15.4 Å². The quantitative estimate of drug-likeness (QED) is 0.405. The number of rotatable bonds is 6. The summed E-state index contributed by atoms with van der Waals surface area (Å²) in [5.74, 6) is -0.348. The summed E-state index contributed by atoms with van der Waals surface area (Å²) in [6, 6.07) is 20.2. The summed E-state index contributed by atoms with van der Waals surface area (Å²) < 4.78 is 5.00. The predicted molar refractivity (Wildman–Crippen MR) is 124 cm³/mol. The van der Waals surface area contributed by atoms with E-state index < -0.39 is 0 Å². The van der Waals surface area contributed by atoms with Crippen molar-refractivity contribution in [1.29, 1.82) is 0 Å². The number of thiophene rings is 1. The van der Waals surface area contributed by atoms with E-state index in [2.05, 4.69) is 34.9 Å². The van der Waals surface area contributed by atoms with E-state index in [1.165, 1.54) is 18.4 Å². The van der Waals surface area contributed by atoms with Crippen LogP contribution in [0.4, 0.5) is 5.00 Å². The third-order valence-electron chi connectivity index (χ3n) is 4.72. The van der Waals surface area contributed by atoms with Gasteiger partial charge in [-0.25, -0.2) is 4.79 Å². The van der Waals surface area contributed by atoms with Gasteiger partial charge in [-0.1, -0.05) is 67.6 Å². The third kappa shape index (κ3) is 4.83. The van der Waals surface area contributed by atoms with Crippen LogP contribution >= 0.6 is 23.6 Å². The molecule has 2 aromatic carbocycles. The fraction of sp³-hybridized carbons (Fsp3) is 0.217. The molecule has 0 radical (unpaired) electrons. The van der Waals surface area contributed by atoms with Gasteiger partial charge in [0.15, 0.2) is 5.11 Å². The second-order valence-corrected chi connectivity index (χ2v) is 8.17. The van der Waals surface area contributed by atoms with Crippen LogP contribution in [0.1, 0.15) is 44.9 Å². The molecule has 0 saturated carbocycles. The minimum absolute atomic E-state index is 0.106. The Morgan fingerprint density at radius 2 is 1.62 bits per heavy atom. The molecule has 0 aliphatic heterocycles. The molecule has 0 spiro atoms. The highest BCUT2D eigenvalue weighted by Crippen LogP contribution is 2.34. The monoisotopic (exact) mass is 424 g/mol. The number of thiocarbonyl (C=S) groups is 1. The summed E-state index contributed by atoms with van der Waals surface area (Å²) in [5.41, 5.74) is 3.77. The van der Waals surface area contributed by atoms with E-state index >= 15 is 0 Å². The van der Waals surface area contributed by atoms with Crippen LogP contribution in [0.15, 0.2) is 60.7 Å². The maximum Gasteiger partial charge on any atom is 0.341 e. The third-order valence-corrected chi connectivity index (χ3v) is 6.00. The Hall–Kier alpha value is -2.70. The largest absolute Gasteiger partial charge is 0.465 e. The normalized spacial score (nSPS) is 10.6. The average Bonchev–Trinajstić information content (AvgIpc) is 3.07. The second kappa shape index (κ2) is 9.67. The zero-order chi connectivity index (χ0) is 20.8. The van der Waals surface area contributed by atoms with Gasteiger partial charge >= 0.3 is 5.97 Å². The van der Waals surface area contributed by atoms with Gasteiger partial charge in [-0.2, -0.15) is 0 Å². The molecule has 0 atom stereocenters. The van der Waals surface area contributed by atoms with Crippen LogP contribution in [0, 0.1) is 6.92 Å². The van der Waals surface area contributed by atoms with E-state index in [9.17, 15) is 4.79 Å². The van der Waals surface area contributed by atoms with Gasteiger partial charge in [0, 0.05) is 4.88 Å². The topological polar surface area (TPSA) is 50.4 Å². The van der Waals surface area contributed by atoms with Crippen LogP contribution in [0.2, 0.25) is 0 Å². The number of carbonyl (C=O) groups is 1. The smallest absolute Gasteiger partial charge is 0.341 e. The van der Waals surface area contributed by atoms with Gasteiger partial charge in [0.25, 0.3) is 0 Å². The standard InChI is InChI=1S/C23H24N2O2S2/c1-4-18-15(2)29-21(19(18)22(26)27-3)25-23(28)24-20(16-11-7-5-8-12-16)17-13-9-6-10-14-17/h5-14,20H,4H2,1-3H3,(H2,24,25,28). The van der Waals surface area contributed by atoms with Crippen molar-refractivity contribution in [3.8, 4) is 0 Å². The molecule has 0 fully saturated rings. The minimum Gasteiger partial charge on any atom is -0.465 e. The molecule has 150 valence electrons. The van der Waals surface area contributed by atoms with E-state index in [-0.39, 0.29) is 12.0 Å².